The molecule has 17 heavy (non-hydrogen) atoms. The monoisotopic (exact) mass is 261 g/mol. The van der Waals surface area contributed by atoms with E-state index in [2.05, 4.69) is 10.4 Å². The quantitative estimate of drug-likeness (QED) is 0.770. The lowest BCUT2D eigenvalue weighted by molar-refractivity contribution is 0.174. The molecule has 98 valence electrons. The largest absolute Gasteiger partial charge is 0.385 e. The molecule has 0 saturated carbocycles. The molecule has 1 unspecified atom stereocenters. The number of halogens is 1. The summed E-state index contributed by atoms with van der Waals surface area (Å²) in [4.78, 5) is 0. The van der Waals surface area contributed by atoms with Gasteiger partial charge in [-0.2, -0.15) is 5.10 Å². The van der Waals surface area contributed by atoms with Gasteiger partial charge in [0.05, 0.1) is 36.1 Å². The van der Waals surface area contributed by atoms with Crippen molar-refractivity contribution in [2.75, 3.05) is 34.5 Å². The molecule has 0 aliphatic rings. The maximum Gasteiger partial charge on any atom is 0.0834 e. The van der Waals surface area contributed by atoms with Crippen LogP contribution < -0.4 is 5.32 Å². The van der Waals surface area contributed by atoms with E-state index < -0.39 is 0 Å². The minimum Gasteiger partial charge on any atom is -0.385 e. The van der Waals surface area contributed by atoms with Crippen molar-refractivity contribution in [3.8, 4) is 0 Å². The Kier molecular flexibility index (Phi) is 6.50. The Morgan fingerprint density at radius 2 is 2.12 bits per heavy atom. The smallest absolute Gasteiger partial charge is 0.0834 e. The number of nitrogens with zero attached hydrogens (tertiary/aromatic N) is 2. The highest BCUT2D eigenvalue weighted by Gasteiger charge is 2.18. The number of nitrogens with one attached hydrogen (secondary N) is 1. The summed E-state index contributed by atoms with van der Waals surface area (Å²) < 4.78 is 12.0. The van der Waals surface area contributed by atoms with Gasteiger partial charge >= 0.3 is 0 Å². The van der Waals surface area contributed by atoms with Crippen molar-refractivity contribution >= 4 is 11.6 Å². The topological polar surface area (TPSA) is 48.3 Å². The molecule has 1 N–H and O–H groups in total. The molecule has 0 fully saturated rings. The van der Waals surface area contributed by atoms with Crippen LogP contribution in [-0.2, 0) is 16.0 Å². The minimum atomic E-state index is 0.141. The normalized spacial score (nSPS) is 12.9. The molecule has 0 aliphatic heterocycles. The predicted molar refractivity (Wildman–Crippen MR) is 67.4 cm³/mol. The van der Waals surface area contributed by atoms with Crippen LogP contribution in [0.4, 0.5) is 0 Å². The first kappa shape index (κ1) is 14.4. The summed E-state index contributed by atoms with van der Waals surface area (Å²) in [7, 11) is 5.27. The van der Waals surface area contributed by atoms with E-state index in [0.29, 0.717) is 24.8 Å². The van der Waals surface area contributed by atoms with E-state index in [1.54, 1.807) is 20.4 Å². The molecule has 0 aliphatic carbocycles. The maximum absolute atomic E-state index is 6.17. The summed E-state index contributed by atoms with van der Waals surface area (Å²) in [6.45, 7) is 1.99. The van der Waals surface area contributed by atoms with Crippen molar-refractivity contribution in [1.82, 2.24) is 15.1 Å². The second kappa shape index (κ2) is 7.66. The van der Waals surface area contributed by atoms with Crippen molar-refractivity contribution in [1.29, 1.82) is 0 Å². The van der Waals surface area contributed by atoms with Crippen LogP contribution in [0, 0.1) is 0 Å². The van der Waals surface area contributed by atoms with Crippen molar-refractivity contribution in [3.05, 3.63) is 16.9 Å². The third-order valence-corrected chi connectivity index (χ3v) is 2.92. The maximum atomic E-state index is 6.17. The van der Waals surface area contributed by atoms with Gasteiger partial charge in [0.15, 0.2) is 0 Å². The van der Waals surface area contributed by atoms with Crippen LogP contribution in [0.25, 0.3) is 0 Å². The standard InChI is InChI=1S/C11H20ClN3O2/c1-13-10(4-6-16-2)11-9(12)8-14-15(11)5-7-17-3/h8,10,13H,4-7H2,1-3H3. The van der Waals surface area contributed by atoms with Crippen LogP contribution in [0.3, 0.4) is 0 Å². The Labute approximate surface area is 107 Å². The van der Waals surface area contributed by atoms with Crippen LogP contribution in [0.1, 0.15) is 18.2 Å². The molecule has 1 aromatic heterocycles. The molecule has 6 heteroatoms. The molecule has 5 nitrogen and oxygen atoms in total. The SMILES string of the molecule is CNC(CCOC)c1c(Cl)cnn1CCOC. The van der Waals surface area contributed by atoms with Crippen molar-refractivity contribution in [2.24, 2.45) is 0 Å². The van der Waals surface area contributed by atoms with Gasteiger partial charge in [0.25, 0.3) is 0 Å². The van der Waals surface area contributed by atoms with Gasteiger partial charge in [-0.1, -0.05) is 11.6 Å². The third kappa shape index (κ3) is 3.96. The Morgan fingerprint density at radius 3 is 2.71 bits per heavy atom. The summed E-state index contributed by atoms with van der Waals surface area (Å²) in [5.41, 5.74) is 0.989. The Bertz CT molecular complexity index is 331. The number of rotatable bonds is 8. The fourth-order valence-corrected chi connectivity index (χ4v) is 2.00. The molecule has 1 rings (SSSR count). The number of hydrogen-bond acceptors (Lipinski definition) is 4. The Hall–Kier alpha value is -0.620. The fourth-order valence-electron chi connectivity index (χ4n) is 1.73. The number of hydrogen-bond donors (Lipinski definition) is 1. The molecular formula is C11H20ClN3O2. The van der Waals surface area contributed by atoms with Crippen LogP contribution in [0.15, 0.2) is 6.20 Å². The van der Waals surface area contributed by atoms with Crippen molar-refractivity contribution in [3.63, 3.8) is 0 Å². The van der Waals surface area contributed by atoms with E-state index in [0.717, 1.165) is 12.1 Å². The van der Waals surface area contributed by atoms with Gasteiger partial charge in [-0.25, -0.2) is 0 Å². The highest BCUT2D eigenvalue weighted by Crippen LogP contribution is 2.24. The average molecular weight is 262 g/mol. The van der Waals surface area contributed by atoms with Gasteiger partial charge in [-0.3, -0.25) is 4.68 Å². The van der Waals surface area contributed by atoms with Crippen LogP contribution in [-0.4, -0.2) is 44.3 Å². The van der Waals surface area contributed by atoms with Gasteiger partial charge < -0.3 is 14.8 Å². The predicted octanol–water partition coefficient (Wildman–Crippen LogP) is 1.48. The highest BCUT2D eigenvalue weighted by atomic mass is 35.5. The molecule has 0 saturated heterocycles. The van der Waals surface area contributed by atoms with E-state index in [-0.39, 0.29) is 6.04 Å². The lowest BCUT2D eigenvalue weighted by Crippen LogP contribution is -2.23. The van der Waals surface area contributed by atoms with Gasteiger partial charge in [0.2, 0.25) is 0 Å². The Morgan fingerprint density at radius 1 is 1.41 bits per heavy atom. The molecule has 0 radical (unpaired) electrons. The second-order valence-corrected chi connectivity index (χ2v) is 4.12. The molecule has 1 atom stereocenters. The minimum absolute atomic E-state index is 0.141. The molecule has 0 amide bonds. The lowest BCUT2D eigenvalue weighted by atomic mass is 10.1. The van der Waals surface area contributed by atoms with Gasteiger partial charge in [-0.15, -0.1) is 0 Å². The third-order valence-electron chi connectivity index (χ3n) is 2.63. The number of methoxy groups -OCH3 is 2. The van der Waals surface area contributed by atoms with Crippen LogP contribution in [0.5, 0.6) is 0 Å². The highest BCUT2D eigenvalue weighted by molar-refractivity contribution is 6.31. The molecule has 0 aromatic carbocycles. The first-order chi connectivity index (χ1) is 8.24. The Balaban J connectivity index is 2.80. The van der Waals surface area contributed by atoms with Crippen molar-refractivity contribution < 1.29 is 9.47 Å². The number of aromatic nitrogens is 2. The fraction of sp³-hybridized carbons (Fsp3) is 0.727. The summed E-state index contributed by atoms with van der Waals surface area (Å²) in [6, 6.07) is 0.141. The summed E-state index contributed by atoms with van der Waals surface area (Å²) in [6.07, 6.45) is 2.52. The number of ether oxygens (including phenoxy) is 2. The first-order valence-corrected chi connectivity index (χ1v) is 5.98. The zero-order valence-corrected chi connectivity index (χ0v) is 11.3. The van der Waals surface area contributed by atoms with E-state index >= 15 is 0 Å². The summed E-state index contributed by atoms with van der Waals surface area (Å²) >= 11 is 6.17. The summed E-state index contributed by atoms with van der Waals surface area (Å²) in [5.74, 6) is 0. The van der Waals surface area contributed by atoms with E-state index in [1.165, 1.54) is 0 Å². The first-order valence-electron chi connectivity index (χ1n) is 5.61. The molecule has 0 spiro atoms. The molecule has 1 aromatic rings. The average Bonchev–Trinajstić information content (AvgIpc) is 2.70. The zero-order chi connectivity index (χ0) is 12.7. The van der Waals surface area contributed by atoms with E-state index in [9.17, 15) is 0 Å². The van der Waals surface area contributed by atoms with Crippen LogP contribution in [0.2, 0.25) is 5.02 Å². The zero-order valence-electron chi connectivity index (χ0n) is 10.6. The van der Waals surface area contributed by atoms with Gasteiger partial charge in [0.1, 0.15) is 0 Å². The van der Waals surface area contributed by atoms with E-state index in [1.807, 2.05) is 11.7 Å². The second-order valence-electron chi connectivity index (χ2n) is 3.72. The van der Waals surface area contributed by atoms with Crippen LogP contribution >= 0.6 is 11.6 Å². The molecule has 0 bridgehead atoms. The summed E-state index contributed by atoms with van der Waals surface area (Å²) in [5, 5.41) is 8.16. The van der Waals surface area contributed by atoms with Gasteiger partial charge in [-0.05, 0) is 13.5 Å². The molecular weight excluding hydrogens is 242 g/mol. The molecule has 1 heterocycles. The van der Waals surface area contributed by atoms with Crippen molar-refractivity contribution in [2.45, 2.75) is 19.0 Å². The van der Waals surface area contributed by atoms with Gasteiger partial charge in [0, 0.05) is 20.8 Å². The lowest BCUT2D eigenvalue weighted by Gasteiger charge is -2.18. The van der Waals surface area contributed by atoms with E-state index in [4.69, 9.17) is 21.1 Å².